The first-order valence-corrected chi connectivity index (χ1v) is 3.50. The minimum Gasteiger partial charge on any atom is -0.362 e. The Bertz CT molecular complexity index is 238. The van der Waals surface area contributed by atoms with Gasteiger partial charge in [-0.3, -0.25) is 0 Å². The Morgan fingerprint density at radius 1 is 1.60 bits per heavy atom. The second-order valence-electron chi connectivity index (χ2n) is 3.07. The first-order chi connectivity index (χ1) is 4.83. The highest BCUT2D eigenvalue weighted by Crippen LogP contribution is 2.50. The third-order valence-electron chi connectivity index (χ3n) is 2.56. The fourth-order valence-corrected chi connectivity index (χ4v) is 1.77. The lowest BCUT2D eigenvalue weighted by Crippen LogP contribution is -2.24. The van der Waals surface area contributed by atoms with Crippen molar-refractivity contribution in [1.82, 2.24) is 0 Å². The molecular formula is C8H8O2. The zero-order valence-corrected chi connectivity index (χ0v) is 5.54. The molecule has 52 valence electrons. The van der Waals surface area contributed by atoms with E-state index in [9.17, 15) is 0 Å². The maximum absolute atomic E-state index is 5.53. The van der Waals surface area contributed by atoms with Crippen LogP contribution in [0.4, 0.5) is 0 Å². The molecule has 0 aromatic heterocycles. The fourth-order valence-electron chi connectivity index (χ4n) is 1.77. The first kappa shape index (κ1) is 5.10. The van der Waals surface area contributed by atoms with Crippen molar-refractivity contribution in [2.75, 3.05) is 6.61 Å². The van der Waals surface area contributed by atoms with E-state index < -0.39 is 0 Å². The standard InChI is InChI=1S/C8H8O2/c1-5-6-2-3-7(10-6)8(5)4-9-8/h2-3,6-7H,1,4H2/t6-,7+,8+/m1/s1. The summed E-state index contributed by atoms with van der Waals surface area (Å²) in [6.07, 6.45) is 4.45. The van der Waals surface area contributed by atoms with Crippen LogP contribution in [-0.4, -0.2) is 24.4 Å². The predicted octanol–water partition coefficient (Wildman–Crippen LogP) is 0.649. The van der Waals surface area contributed by atoms with Gasteiger partial charge in [0.2, 0.25) is 0 Å². The molecule has 0 aromatic rings. The summed E-state index contributed by atoms with van der Waals surface area (Å²) in [4.78, 5) is 0. The summed E-state index contributed by atoms with van der Waals surface area (Å²) in [6, 6.07) is 0. The van der Waals surface area contributed by atoms with Crippen LogP contribution in [0.15, 0.2) is 24.3 Å². The predicted molar refractivity (Wildman–Crippen MR) is 35.6 cm³/mol. The van der Waals surface area contributed by atoms with E-state index >= 15 is 0 Å². The van der Waals surface area contributed by atoms with Crippen LogP contribution < -0.4 is 0 Å². The van der Waals surface area contributed by atoms with Crippen LogP contribution in [-0.2, 0) is 9.47 Å². The number of hydrogen-bond acceptors (Lipinski definition) is 2. The molecule has 3 aliphatic heterocycles. The van der Waals surface area contributed by atoms with Crippen molar-refractivity contribution in [3.05, 3.63) is 24.3 Å². The molecule has 2 saturated heterocycles. The second kappa shape index (κ2) is 1.22. The molecule has 0 radical (unpaired) electrons. The lowest BCUT2D eigenvalue weighted by Gasteiger charge is -2.10. The van der Waals surface area contributed by atoms with E-state index in [-0.39, 0.29) is 17.8 Å². The highest BCUT2D eigenvalue weighted by Gasteiger charge is 2.62. The molecule has 2 fully saturated rings. The summed E-state index contributed by atoms with van der Waals surface area (Å²) in [7, 11) is 0. The maximum Gasteiger partial charge on any atom is 0.145 e. The molecule has 10 heavy (non-hydrogen) atoms. The first-order valence-electron chi connectivity index (χ1n) is 3.50. The van der Waals surface area contributed by atoms with Crippen molar-refractivity contribution in [1.29, 1.82) is 0 Å². The van der Waals surface area contributed by atoms with Crippen LogP contribution in [0.25, 0.3) is 0 Å². The highest BCUT2D eigenvalue weighted by atomic mass is 16.6. The molecule has 0 amide bonds. The largest absolute Gasteiger partial charge is 0.362 e. The molecule has 3 aliphatic rings. The number of rotatable bonds is 0. The number of epoxide rings is 1. The van der Waals surface area contributed by atoms with E-state index in [1.165, 1.54) is 0 Å². The van der Waals surface area contributed by atoms with Crippen molar-refractivity contribution in [2.24, 2.45) is 0 Å². The molecule has 2 nitrogen and oxygen atoms in total. The number of fused-ring (bicyclic) bond motifs is 3. The van der Waals surface area contributed by atoms with E-state index in [1.54, 1.807) is 0 Å². The lowest BCUT2D eigenvalue weighted by atomic mass is 9.90. The van der Waals surface area contributed by atoms with Crippen LogP contribution in [0.5, 0.6) is 0 Å². The van der Waals surface area contributed by atoms with Gasteiger partial charge in [0.25, 0.3) is 0 Å². The summed E-state index contributed by atoms with van der Waals surface area (Å²) in [5.41, 5.74) is 1.03. The molecule has 1 spiro atoms. The van der Waals surface area contributed by atoms with E-state index in [2.05, 4.69) is 18.7 Å². The van der Waals surface area contributed by atoms with Crippen molar-refractivity contribution >= 4 is 0 Å². The number of ether oxygens (including phenoxy) is 2. The Labute approximate surface area is 59.1 Å². The average Bonchev–Trinajstić information content (AvgIpc) is 2.51. The van der Waals surface area contributed by atoms with Gasteiger partial charge in [-0.05, 0) is 5.57 Å². The highest BCUT2D eigenvalue weighted by molar-refractivity contribution is 5.42. The van der Waals surface area contributed by atoms with Crippen molar-refractivity contribution < 1.29 is 9.47 Å². The van der Waals surface area contributed by atoms with Crippen LogP contribution in [0.2, 0.25) is 0 Å². The van der Waals surface area contributed by atoms with Crippen molar-refractivity contribution in [3.8, 4) is 0 Å². The molecule has 0 N–H and O–H groups in total. The smallest absolute Gasteiger partial charge is 0.145 e. The van der Waals surface area contributed by atoms with Gasteiger partial charge < -0.3 is 9.47 Å². The molecule has 3 heterocycles. The molecule has 0 aliphatic carbocycles. The molecule has 2 heteroatoms. The SMILES string of the molecule is C=C1[C@H]2C=C[C@H](O2)[C@]12CO2. The lowest BCUT2D eigenvalue weighted by molar-refractivity contribution is 0.0993. The van der Waals surface area contributed by atoms with Gasteiger partial charge >= 0.3 is 0 Å². The normalized spacial score (nSPS) is 55.0. The van der Waals surface area contributed by atoms with Crippen LogP contribution in [0, 0.1) is 0 Å². The zero-order valence-electron chi connectivity index (χ0n) is 5.54. The van der Waals surface area contributed by atoms with Crippen molar-refractivity contribution in [2.45, 2.75) is 17.8 Å². The Morgan fingerprint density at radius 2 is 2.40 bits per heavy atom. The van der Waals surface area contributed by atoms with Crippen LogP contribution in [0.1, 0.15) is 0 Å². The molecule has 0 aromatic carbocycles. The van der Waals surface area contributed by atoms with Crippen LogP contribution >= 0.6 is 0 Å². The van der Waals surface area contributed by atoms with E-state index in [0.29, 0.717) is 0 Å². The van der Waals surface area contributed by atoms with Gasteiger partial charge in [-0.1, -0.05) is 18.7 Å². The molecule has 2 bridgehead atoms. The number of hydrogen-bond donors (Lipinski definition) is 0. The molecule has 0 unspecified atom stereocenters. The average molecular weight is 136 g/mol. The Morgan fingerprint density at radius 3 is 2.80 bits per heavy atom. The van der Waals surface area contributed by atoms with E-state index in [1.807, 2.05) is 0 Å². The van der Waals surface area contributed by atoms with Gasteiger partial charge in [-0.25, -0.2) is 0 Å². The van der Waals surface area contributed by atoms with E-state index in [4.69, 9.17) is 9.47 Å². The molecule has 0 saturated carbocycles. The summed E-state index contributed by atoms with van der Waals surface area (Å²) >= 11 is 0. The maximum atomic E-state index is 5.53. The van der Waals surface area contributed by atoms with Gasteiger partial charge in [0.15, 0.2) is 0 Å². The summed E-state index contributed by atoms with van der Waals surface area (Å²) in [6.45, 7) is 4.75. The second-order valence-corrected chi connectivity index (χ2v) is 3.07. The minimum atomic E-state index is -0.0839. The fraction of sp³-hybridized carbons (Fsp3) is 0.500. The summed E-state index contributed by atoms with van der Waals surface area (Å²) in [5.74, 6) is 0. The van der Waals surface area contributed by atoms with Crippen LogP contribution in [0.3, 0.4) is 0 Å². The monoisotopic (exact) mass is 136 g/mol. The molecule has 3 rings (SSSR count). The quantitative estimate of drug-likeness (QED) is 0.360. The molecular weight excluding hydrogens is 128 g/mol. The van der Waals surface area contributed by atoms with Gasteiger partial charge in [-0.2, -0.15) is 0 Å². The van der Waals surface area contributed by atoms with Gasteiger partial charge in [0.1, 0.15) is 17.8 Å². The molecule has 3 atom stereocenters. The van der Waals surface area contributed by atoms with Gasteiger partial charge in [0, 0.05) is 0 Å². The summed E-state index contributed by atoms with van der Waals surface area (Å²) < 4.78 is 10.9. The third kappa shape index (κ3) is 0.351. The Balaban J connectivity index is 2.14. The summed E-state index contributed by atoms with van der Waals surface area (Å²) in [5, 5.41) is 0. The van der Waals surface area contributed by atoms with E-state index in [0.717, 1.165) is 12.2 Å². The van der Waals surface area contributed by atoms with Gasteiger partial charge in [-0.15, -0.1) is 0 Å². The minimum absolute atomic E-state index is 0.0839. The third-order valence-corrected chi connectivity index (χ3v) is 2.56. The Kier molecular flexibility index (Phi) is 0.624. The Hall–Kier alpha value is -0.600. The topological polar surface area (TPSA) is 21.8 Å². The van der Waals surface area contributed by atoms with Crippen molar-refractivity contribution in [3.63, 3.8) is 0 Å². The van der Waals surface area contributed by atoms with Gasteiger partial charge in [0.05, 0.1) is 6.61 Å². The zero-order chi connectivity index (χ0) is 6.77.